The Balaban J connectivity index is 2.76. The van der Waals surface area contributed by atoms with Crippen LogP contribution in [0.5, 0.6) is 0 Å². The maximum atomic E-state index is 11.7. The van der Waals surface area contributed by atoms with E-state index in [9.17, 15) is 18.5 Å². The summed E-state index contributed by atoms with van der Waals surface area (Å²) in [6.07, 6.45) is 5.20. The van der Waals surface area contributed by atoms with Crippen molar-refractivity contribution in [2.45, 2.75) is 18.2 Å². The van der Waals surface area contributed by atoms with Crippen molar-refractivity contribution in [1.82, 2.24) is 9.71 Å². The van der Waals surface area contributed by atoms with Crippen LogP contribution in [0, 0.1) is 10.1 Å². The summed E-state index contributed by atoms with van der Waals surface area (Å²) in [5.74, 6) is -0.386. The van der Waals surface area contributed by atoms with Gasteiger partial charge in [0.05, 0.1) is 0 Å². The first-order valence-corrected chi connectivity index (χ1v) is 6.67. The molecule has 1 heterocycles. The van der Waals surface area contributed by atoms with E-state index in [1.54, 1.807) is 0 Å². The monoisotopic (exact) mass is 271 g/mol. The Morgan fingerprint density at radius 1 is 1.50 bits per heavy atom. The molecule has 1 aromatic rings. The highest BCUT2D eigenvalue weighted by atomic mass is 32.2. The molecule has 8 heteroatoms. The van der Waals surface area contributed by atoms with Gasteiger partial charge in [0.25, 0.3) is 0 Å². The van der Waals surface area contributed by atoms with Crippen molar-refractivity contribution in [3.8, 4) is 0 Å². The van der Waals surface area contributed by atoms with Gasteiger partial charge in [-0.3, -0.25) is 0 Å². The Bertz CT molecular complexity index is 537. The third-order valence-electron chi connectivity index (χ3n) is 2.06. The van der Waals surface area contributed by atoms with Gasteiger partial charge >= 0.3 is 5.82 Å². The molecule has 7 nitrogen and oxygen atoms in total. The van der Waals surface area contributed by atoms with E-state index in [1.165, 1.54) is 0 Å². The second kappa shape index (κ2) is 6.22. The van der Waals surface area contributed by atoms with Crippen LogP contribution in [0.2, 0.25) is 0 Å². The second-order valence-electron chi connectivity index (χ2n) is 3.36. The number of rotatable bonds is 6. The summed E-state index contributed by atoms with van der Waals surface area (Å²) in [6, 6.07) is 2.21. The number of nitrogens with one attached hydrogen (secondary N) is 1. The molecule has 0 spiro atoms. The van der Waals surface area contributed by atoms with Gasteiger partial charge in [0, 0.05) is 12.6 Å². The van der Waals surface area contributed by atoms with Crippen molar-refractivity contribution >= 4 is 15.8 Å². The lowest BCUT2D eigenvalue weighted by Crippen LogP contribution is -2.24. The van der Waals surface area contributed by atoms with E-state index in [0.29, 0.717) is 6.42 Å². The zero-order valence-electron chi connectivity index (χ0n) is 9.74. The number of pyridine rings is 1. The van der Waals surface area contributed by atoms with Crippen molar-refractivity contribution in [3.63, 3.8) is 0 Å². The molecular formula is C10H13N3O4S. The number of allylic oxidation sites excluding steroid dienone is 1. The largest absolute Gasteiger partial charge is 0.363 e. The molecule has 0 atom stereocenters. The molecule has 0 radical (unpaired) electrons. The third-order valence-corrected chi connectivity index (χ3v) is 3.50. The fraction of sp³-hybridized carbons (Fsp3) is 0.300. The second-order valence-corrected chi connectivity index (χ2v) is 5.13. The van der Waals surface area contributed by atoms with Crippen LogP contribution in [0.15, 0.2) is 35.4 Å². The molecule has 98 valence electrons. The quantitative estimate of drug-likeness (QED) is 0.363. The van der Waals surface area contributed by atoms with Crippen LogP contribution in [-0.4, -0.2) is 24.9 Å². The maximum Gasteiger partial charge on any atom is 0.363 e. The minimum atomic E-state index is -3.65. The molecule has 0 saturated heterocycles. The molecule has 0 unspecified atom stereocenters. The Kier molecular flexibility index (Phi) is 4.93. The zero-order chi connectivity index (χ0) is 13.6. The molecule has 0 aliphatic heterocycles. The molecule has 0 bridgehead atoms. The Hall–Kier alpha value is -1.80. The number of sulfonamides is 1. The molecule has 1 aromatic heterocycles. The van der Waals surface area contributed by atoms with E-state index in [1.807, 2.05) is 19.1 Å². The van der Waals surface area contributed by atoms with Crippen LogP contribution < -0.4 is 4.72 Å². The summed E-state index contributed by atoms with van der Waals surface area (Å²) < 4.78 is 25.8. The lowest BCUT2D eigenvalue weighted by molar-refractivity contribution is -0.389. The van der Waals surface area contributed by atoms with Gasteiger partial charge in [-0.1, -0.05) is 12.2 Å². The van der Waals surface area contributed by atoms with E-state index in [-0.39, 0.29) is 17.3 Å². The van der Waals surface area contributed by atoms with Crippen LogP contribution in [0.1, 0.15) is 13.3 Å². The normalized spacial score (nSPS) is 11.8. The summed E-state index contributed by atoms with van der Waals surface area (Å²) in [4.78, 5) is 13.1. The predicted molar refractivity (Wildman–Crippen MR) is 65.5 cm³/mol. The van der Waals surface area contributed by atoms with Crippen LogP contribution in [0.4, 0.5) is 5.82 Å². The van der Waals surface area contributed by atoms with Crippen molar-refractivity contribution < 1.29 is 13.3 Å². The smallest absolute Gasteiger partial charge is 0.358 e. The first kappa shape index (κ1) is 14.3. The van der Waals surface area contributed by atoms with Gasteiger partial charge in [-0.2, -0.15) is 0 Å². The number of nitro groups is 1. The molecule has 0 fully saturated rings. The van der Waals surface area contributed by atoms with Crippen LogP contribution in [0.25, 0.3) is 0 Å². The van der Waals surface area contributed by atoms with Crippen LogP contribution in [-0.2, 0) is 10.0 Å². The van der Waals surface area contributed by atoms with Crippen LogP contribution in [0.3, 0.4) is 0 Å². The molecular weight excluding hydrogens is 258 g/mol. The first-order chi connectivity index (χ1) is 8.47. The van der Waals surface area contributed by atoms with Crippen molar-refractivity contribution in [2.75, 3.05) is 6.54 Å². The summed E-state index contributed by atoms with van der Waals surface area (Å²) in [7, 11) is -3.65. The molecule has 0 aliphatic carbocycles. The fourth-order valence-corrected chi connectivity index (χ4v) is 2.16. The fourth-order valence-electron chi connectivity index (χ4n) is 1.17. The molecule has 0 aromatic carbocycles. The lowest BCUT2D eigenvalue weighted by atomic mass is 10.4. The summed E-state index contributed by atoms with van der Waals surface area (Å²) >= 11 is 0. The Morgan fingerprint density at radius 3 is 2.72 bits per heavy atom. The van der Waals surface area contributed by atoms with Gasteiger partial charge in [-0.15, -0.1) is 0 Å². The summed E-state index contributed by atoms with van der Waals surface area (Å²) in [5.41, 5.74) is 0. The number of nitrogens with zero attached hydrogens (tertiary/aromatic N) is 2. The molecule has 0 aliphatic rings. The average Bonchev–Trinajstić information content (AvgIpc) is 2.35. The number of hydrogen-bond acceptors (Lipinski definition) is 5. The van der Waals surface area contributed by atoms with Crippen LogP contribution >= 0.6 is 0 Å². The third kappa shape index (κ3) is 3.90. The van der Waals surface area contributed by atoms with Gasteiger partial charge in [-0.05, 0) is 29.3 Å². The van der Waals surface area contributed by atoms with E-state index >= 15 is 0 Å². The predicted octanol–water partition coefficient (Wildman–Crippen LogP) is 1.23. The maximum absolute atomic E-state index is 11.7. The number of aromatic nitrogens is 1. The summed E-state index contributed by atoms with van der Waals surface area (Å²) in [5, 5.41) is 10.4. The van der Waals surface area contributed by atoms with Gasteiger partial charge in [-0.25, -0.2) is 13.1 Å². The first-order valence-electron chi connectivity index (χ1n) is 5.18. The molecule has 1 N–H and O–H groups in total. The SMILES string of the molecule is C/C=C/CCNS(=O)(=O)c1ccc([N+](=O)[O-])nc1. The lowest BCUT2D eigenvalue weighted by Gasteiger charge is -2.03. The van der Waals surface area contributed by atoms with Gasteiger partial charge < -0.3 is 10.1 Å². The highest BCUT2D eigenvalue weighted by molar-refractivity contribution is 7.89. The summed E-state index contributed by atoms with van der Waals surface area (Å²) in [6.45, 7) is 2.11. The van der Waals surface area contributed by atoms with Gasteiger partial charge in [0.1, 0.15) is 4.90 Å². The van der Waals surface area contributed by atoms with Crippen molar-refractivity contribution in [3.05, 3.63) is 40.6 Å². The van der Waals surface area contributed by atoms with Crippen molar-refractivity contribution in [1.29, 1.82) is 0 Å². The molecule has 0 amide bonds. The molecule has 0 saturated carbocycles. The number of hydrogen-bond donors (Lipinski definition) is 1. The van der Waals surface area contributed by atoms with E-state index < -0.39 is 14.9 Å². The van der Waals surface area contributed by atoms with Gasteiger partial charge in [0.2, 0.25) is 10.0 Å². The Morgan fingerprint density at radius 2 is 2.22 bits per heavy atom. The van der Waals surface area contributed by atoms with E-state index in [2.05, 4.69) is 9.71 Å². The highest BCUT2D eigenvalue weighted by Gasteiger charge is 2.17. The average molecular weight is 271 g/mol. The highest BCUT2D eigenvalue weighted by Crippen LogP contribution is 2.11. The minimum Gasteiger partial charge on any atom is -0.358 e. The Labute approximate surface area is 105 Å². The van der Waals surface area contributed by atoms with Crippen molar-refractivity contribution in [2.24, 2.45) is 0 Å². The molecule has 1 rings (SSSR count). The topological polar surface area (TPSA) is 102 Å². The van der Waals surface area contributed by atoms with E-state index in [4.69, 9.17) is 0 Å². The molecule has 18 heavy (non-hydrogen) atoms. The minimum absolute atomic E-state index is 0.0893. The van der Waals surface area contributed by atoms with E-state index in [0.717, 1.165) is 18.3 Å². The standard InChI is InChI=1S/C10H13N3O4S/c1-2-3-4-7-12-18(16,17)9-5-6-10(11-8-9)13(14)15/h2-3,5-6,8,12H,4,7H2,1H3/b3-2+. The van der Waals surface area contributed by atoms with Gasteiger partial charge in [0.15, 0.2) is 6.20 Å². The zero-order valence-corrected chi connectivity index (χ0v) is 10.6.